The van der Waals surface area contributed by atoms with Crippen LogP contribution in [0.5, 0.6) is 5.75 Å². The van der Waals surface area contributed by atoms with Crippen molar-refractivity contribution >= 4 is 23.9 Å². The third-order valence-electron chi connectivity index (χ3n) is 1.89. The van der Waals surface area contributed by atoms with Crippen molar-refractivity contribution in [3.8, 4) is 5.75 Å². The summed E-state index contributed by atoms with van der Waals surface area (Å²) < 4.78 is 9.70. The first-order chi connectivity index (χ1) is 8.17. The van der Waals surface area contributed by atoms with E-state index in [0.717, 1.165) is 0 Å². The number of carbonyl (C=O) groups excluding carboxylic acids is 2. The molecule has 0 fully saturated rings. The molecule has 0 aliphatic heterocycles. The molecule has 4 nitrogen and oxygen atoms in total. The van der Waals surface area contributed by atoms with Gasteiger partial charge in [-0.05, 0) is 24.3 Å². The summed E-state index contributed by atoms with van der Waals surface area (Å²) in [4.78, 5) is 21.5. The molecule has 0 N–H and O–H groups in total. The number of ether oxygens (including phenoxy) is 2. The predicted molar refractivity (Wildman–Crippen MR) is 63.5 cm³/mol. The second kappa shape index (κ2) is 6.70. The molecule has 0 unspecified atom stereocenters. The first-order valence-electron chi connectivity index (χ1n) is 4.79. The maximum absolute atomic E-state index is 10.8. The van der Waals surface area contributed by atoms with Gasteiger partial charge in [-0.25, -0.2) is 4.79 Å². The van der Waals surface area contributed by atoms with E-state index in [0.29, 0.717) is 22.6 Å². The number of hydrogen-bond acceptors (Lipinski definition) is 4. The summed E-state index contributed by atoms with van der Waals surface area (Å²) in [5.74, 6) is -0.0424. The van der Waals surface area contributed by atoms with Gasteiger partial charge in [0, 0.05) is 11.1 Å². The van der Waals surface area contributed by atoms with Crippen molar-refractivity contribution in [1.82, 2.24) is 0 Å². The number of hydrogen-bond donors (Lipinski definition) is 0. The van der Waals surface area contributed by atoms with E-state index in [9.17, 15) is 9.59 Å². The second-order valence-electron chi connectivity index (χ2n) is 3.04. The summed E-state index contributed by atoms with van der Waals surface area (Å²) in [5, 5.41) is 0.463. The Morgan fingerprint density at radius 3 is 2.88 bits per heavy atom. The van der Waals surface area contributed by atoms with Gasteiger partial charge in [0.15, 0.2) is 6.29 Å². The Morgan fingerprint density at radius 2 is 2.24 bits per heavy atom. The van der Waals surface area contributed by atoms with Crippen LogP contribution in [0.25, 0.3) is 0 Å². The van der Waals surface area contributed by atoms with Crippen LogP contribution < -0.4 is 4.74 Å². The zero-order chi connectivity index (χ0) is 12.7. The average molecular weight is 255 g/mol. The van der Waals surface area contributed by atoms with E-state index in [2.05, 4.69) is 4.74 Å². The molecule has 0 saturated carbocycles. The number of methoxy groups -OCH3 is 1. The quantitative estimate of drug-likeness (QED) is 0.459. The molecule has 1 aromatic rings. The molecule has 0 aliphatic carbocycles. The van der Waals surface area contributed by atoms with Gasteiger partial charge < -0.3 is 9.47 Å². The van der Waals surface area contributed by atoms with Crippen LogP contribution in [0.2, 0.25) is 5.02 Å². The van der Waals surface area contributed by atoms with Crippen LogP contribution >= 0.6 is 11.6 Å². The SMILES string of the molecule is COC(=O)/C=C/COc1ccc(Cl)cc1C=O. The Hall–Kier alpha value is -1.81. The minimum absolute atomic E-state index is 0.164. The van der Waals surface area contributed by atoms with Crippen LogP contribution in [0, 0.1) is 0 Å². The Bertz CT molecular complexity index is 440. The predicted octanol–water partition coefficient (Wildman–Crippen LogP) is 2.26. The Kier molecular flexibility index (Phi) is 5.23. The fraction of sp³-hybridized carbons (Fsp3) is 0.167. The third-order valence-corrected chi connectivity index (χ3v) is 2.12. The monoisotopic (exact) mass is 254 g/mol. The van der Waals surface area contributed by atoms with Gasteiger partial charge in [0.2, 0.25) is 0 Å². The molecule has 5 heteroatoms. The minimum atomic E-state index is -0.458. The average Bonchev–Trinajstić information content (AvgIpc) is 2.35. The normalized spacial score (nSPS) is 10.2. The number of benzene rings is 1. The van der Waals surface area contributed by atoms with Crippen molar-refractivity contribution in [1.29, 1.82) is 0 Å². The van der Waals surface area contributed by atoms with Crippen molar-refractivity contribution in [3.63, 3.8) is 0 Å². The van der Waals surface area contributed by atoms with Crippen molar-refractivity contribution in [2.45, 2.75) is 0 Å². The zero-order valence-electron chi connectivity index (χ0n) is 9.18. The number of esters is 1. The molecule has 17 heavy (non-hydrogen) atoms. The molecule has 0 saturated heterocycles. The van der Waals surface area contributed by atoms with Gasteiger partial charge in [-0.15, -0.1) is 0 Å². The van der Waals surface area contributed by atoms with Crippen LogP contribution in [0.3, 0.4) is 0 Å². The van der Waals surface area contributed by atoms with Crippen molar-refractivity contribution < 1.29 is 19.1 Å². The number of halogens is 1. The molecular weight excluding hydrogens is 244 g/mol. The molecular formula is C12H11ClO4. The van der Waals surface area contributed by atoms with Crippen LogP contribution in [0.4, 0.5) is 0 Å². The standard InChI is InChI=1S/C12H11ClO4/c1-16-12(15)3-2-6-17-11-5-4-10(13)7-9(11)8-14/h2-5,7-8H,6H2,1H3/b3-2+. The Morgan fingerprint density at radius 1 is 1.47 bits per heavy atom. The van der Waals surface area contributed by atoms with Gasteiger partial charge in [-0.3, -0.25) is 4.79 Å². The fourth-order valence-electron chi connectivity index (χ4n) is 1.09. The van der Waals surface area contributed by atoms with Gasteiger partial charge in [0.1, 0.15) is 12.4 Å². The summed E-state index contributed by atoms with van der Waals surface area (Å²) >= 11 is 5.73. The van der Waals surface area contributed by atoms with Crippen LogP contribution in [-0.2, 0) is 9.53 Å². The number of aldehydes is 1. The molecule has 0 aliphatic rings. The Balaban J connectivity index is 2.60. The molecule has 90 valence electrons. The van der Waals surface area contributed by atoms with Gasteiger partial charge in [-0.2, -0.15) is 0 Å². The lowest BCUT2D eigenvalue weighted by Gasteiger charge is -2.05. The van der Waals surface area contributed by atoms with E-state index >= 15 is 0 Å². The molecule has 0 atom stereocenters. The number of carbonyl (C=O) groups is 2. The number of rotatable bonds is 5. The second-order valence-corrected chi connectivity index (χ2v) is 3.47. The lowest BCUT2D eigenvalue weighted by molar-refractivity contribution is -0.134. The van der Waals surface area contributed by atoms with E-state index in [4.69, 9.17) is 16.3 Å². The molecule has 0 spiro atoms. The van der Waals surface area contributed by atoms with Gasteiger partial charge >= 0.3 is 5.97 Å². The van der Waals surface area contributed by atoms with E-state index in [1.807, 2.05) is 0 Å². The highest BCUT2D eigenvalue weighted by atomic mass is 35.5. The maximum atomic E-state index is 10.8. The molecule has 0 bridgehead atoms. The third kappa shape index (κ3) is 4.28. The largest absolute Gasteiger partial charge is 0.489 e. The molecule has 1 aromatic carbocycles. The van der Waals surface area contributed by atoms with Gasteiger partial charge in [0.25, 0.3) is 0 Å². The first-order valence-corrected chi connectivity index (χ1v) is 5.17. The van der Waals surface area contributed by atoms with E-state index < -0.39 is 5.97 Å². The lowest BCUT2D eigenvalue weighted by atomic mass is 10.2. The van der Waals surface area contributed by atoms with Crippen LogP contribution in [0.1, 0.15) is 10.4 Å². The van der Waals surface area contributed by atoms with Gasteiger partial charge in [0.05, 0.1) is 12.7 Å². The molecule has 0 radical (unpaired) electrons. The summed E-state index contributed by atoms with van der Waals surface area (Å²) in [6, 6.07) is 4.72. The topological polar surface area (TPSA) is 52.6 Å². The van der Waals surface area contributed by atoms with Crippen molar-refractivity contribution in [3.05, 3.63) is 40.9 Å². The highest BCUT2D eigenvalue weighted by Crippen LogP contribution is 2.21. The fourth-order valence-corrected chi connectivity index (χ4v) is 1.27. The molecule has 0 aromatic heterocycles. The van der Waals surface area contributed by atoms with Crippen molar-refractivity contribution in [2.24, 2.45) is 0 Å². The van der Waals surface area contributed by atoms with Crippen LogP contribution in [0.15, 0.2) is 30.4 Å². The van der Waals surface area contributed by atoms with E-state index in [1.165, 1.54) is 25.3 Å². The summed E-state index contributed by atoms with van der Waals surface area (Å²) in [6.07, 6.45) is 3.40. The summed E-state index contributed by atoms with van der Waals surface area (Å²) in [7, 11) is 1.29. The first kappa shape index (κ1) is 13.3. The molecule has 0 amide bonds. The smallest absolute Gasteiger partial charge is 0.330 e. The highest BCUT2D eigenvalue weighted by Gasteiger charge is 2.02. The maximum Gasteiger partial charge on any atom is 0.330 e. The van der Waals surface area contributed by atoms with Gasteiger partial charge in [-0.1, -0.05) is 11.6 Å². The Labute approximate surface area is 104 Å². The summed E-state index contributed by atoms with van der Waals surface area (Å²) in [5.41, 5.74) is 0.365. The summed E-state index contributed by atoms with van der Waals surface area (Å²) in [6.45, 7) is 0.164. The lowest BCUT2D eigenvalue weighted by Crippen LogP contribution is -1.99. The van der Waals surface area contributed by atoms with E-state index in [1.54, 1.807) is 12.1 Å². The highest BCUT2D eigenvalue weighted by molar-refractivity contribution is 6.30. The molecule has 0 heterocycles. The molecule has 1 rings (SSSR count). The van der Waals surface area contributed by atoms with Crippen LogP contribution in [-0.4, -0.2) is 26.0 Å². The zero-order valence-corrected chi connectivity index (χ0v) is 9.94. The van der Waals surface area contributed by atoms with Crippen molar-refractivity contribution in [2.75, 3.05) is 13.7 Å². The minimum Gasteiger partial charge on any atom is -0.489 e. The van der Waals surface area contributed by atoms with E-state index in [-0.39, 0.29) is 6.61 Å².